The zero-order valence-corrected chi connectivity index (χ0v) is 11.3. The Labute approximate surface area is 108 Å². The zero-order chi connectivity index (χ0) is 11.5. The average Bonchev–Trinajstić information content (AvgIpc) is 2.25. The summed E-state index contributed by atoms with van der Waals surface area (Å²) in [4.78, 5) is 2.41. The normalized spacial score (nSPS) is 10.4. The topological polar surface area (TPSA) is 26.0 Å². The SMILES string of the molecule is Cc1ccc(Sc2ccc(N)cc2Br)cc1. The number of hydrogen-bond acceptors (Lipinski definition) is 2. The molecule has 0 heterocycles. The average molecular weight is 294 g/mol. The maximum Gasteiger partial charge on any atom is 0.0335 e. The smallest absolute Gasteiger partial charge is 0.0335 e. The van der Waals surface area contributed by atoms with E-state index in [1.54, 1.807) is 11.8 Å². The van der Waals surface area contributed by atoms with Crippen LogP contribution in [0.1, 0.15) is 5.56 Å². The quantitative estimate of drug-likeness (QED) is 0.826. The highest BCUT2D eigenvalue weighted by molar-refractivity contribution is 9.10. The molecule has 0 amide bonds. The molecule has 2 N–H and O–H groups in total. The molecule has 0 fully saturated rings. The second kappa shape index (κ2) is 4.93. The van der Waals surface area contributed by atoms with Crippen LogP contribution in [-0.2, 0) is 0 Å². The predicted molar refractivity (Wildman–Crippen MR) is 73.9 cm³/mol. The summed E-state index contributed by atoms with van der Waals surface area (Å²) in [5, 5.41) is 0. The first-order valence-electron chi connectivity index (χ1n) is 4.95. The molecule has 0 aromatic heterocycles. The molecule has 16 heavy (non-hydrogen) atoms. The molecule has 82 valence electrons. The zero-order valence-electron chi connectivity index (χ0n) is 8.91. The van der Waals surface area contributed by atoms with Gasteiger partial charge in [0.2, 0.25) is 0 Å². The van der Waals surface area contributed by atoms with Gasteiger partial charge in [-0.3, -0.25) is 0 Å². The van der Waals surface area contributed by atoms with Crippen LogP contribution in [0.3, 0.4) is 0 Å². The van der Waals surface area contributed by atoms with Crippen molar-refractivity contribution in [2.75, 3.05) is 5.73 Å². The van der Waals surface area contributed by atoms with Crippen LogP contribution >= 0.6 is 27.7 Å². The lowest BCUT2D eigenvalue weighted by atomic mass is 10.2. The number of nitrogens with two attached hydrogens (primary N) is 1. The summed E-state index contributed by atoms with van der Waals surface area (Å²) < 4.78 is 1.04. The van der Waals surface area contributed by atoms with Crippen molar-refractivity contribution in [3.63, 3.8) is 0 Å². The minimum absolute atomic E-state index is 0.778. The number of nitrogen functional groups attached to an aromatic ring is 1. The Morgan fingerprint density at radius 3 is 2.38 bits per heavy atom. The molecular formula is C13H12BrNS. The Hall–Kier alpha value is -0.930. The first kappa shape index (κ1) is 11.6. The Morgan fingerprint density at radius 1 is 1.06 bits per heavy atom. The van der Waals surface area contributed by atoms with Crippen molar-refractivity contribution in [3.05, 3.63) is 52.5 Å². The lowest BCUT2D eigenvalue weighted by molar-refractivity contribution is 1.35. The minimum Gasteiger partial charge on any atom is -0.399 e. The van der Waals surface area contributed by atoms with Crippen molar-refractivity contribution in [2.24, 2.45) is 0 Å². The van der Waals surface area contributed by atoms with E-state index in [0.29, 0.717) is 0 Å². The first-order valence-corrected chi connectivity index (χ1v) is 6.55. The van der Waals surface area contributed by atoms with E-state index in [1.807, 2.05) is 18.2 Å². The summed E-state index contributed by atoms with van der Waals surface area (Å²) in [5.41, 5.74) is 7.76. The molecule has 0 radical (unpaired) electrons. The van der Waals surface area contributed by atoms with E-state index in [0.717, 1.165) is 10.2 Å². The summed E-state index contributed by atoms with van der Waals surface area (Å²) in [5.74, 6) is 0. The molecule has 3 heteroatoms. The molecule has 0 saturated carbocycles. The maximum atomic E-state index is 5.70. The van der Waals surface area contributed by atoms with Gasteiger partial charge in [0.25, 0.3) is 0 Å². The monoisotopic (exact) mass is 293 g/mol. The van der Waals surface area contributed by atoms with Crippen LogP contribution in [-0.4, -0.2) is 0 Å². The van der Waals surface area contributed by atoms with Gasteiger partial charge in [0.1, 0.15) is 0 Å². The van der Waals surface area contributed by atoms with Gasteiger partial charge in [-0.15, -0.1) is 0 Å². The van der Waals surface area contributed by atoms with Gasteiger partial charge < -0.3 is 5.73 Å². The van der Waals surface area contributed by atoms with Gasteiger partial charge in [-0.25, -0.2) is 0 Å². The molecule has 1 nitrogen and oxygen atoms in total. The lowest BCUT2D eigenvalue weighted by Gasteiger charge is -2.05. The molecule has 2 aromatic rings. The second-order valence-electron chi connectivity index (χ2n) is 3.60. The van der Waals surface area contributed by atoms with Gasteiger partial charge in [-0.1, -0.05) is 29.5 Å². The summed E-state index contributed by atoms with van der Waals surface area (Å²) in [6.45, 7) is 2.09. The fraction of sp³-hybridized carbons (Fsp3) is 0.0769. The summed E-state index contributed by atoms with van der Waals surface area (Å²) >= 11 is 5.25. The fourth-order valence-corrected chi connectivity index (χ4v) is 2.79. The van der Waals surface area contributed by atoms with E-state index in [9.17, 15) is 0 Å². The van der Waals surface area contributed by atoms with Crippen LogP contribution in [0.25, 0.3) is 0 Å². The maximum absolute atomic E-state index is 5.70. The molecular weight excluding hydrogens is 282 g/mol. The molecule has 0 atom stereocenters. The van der Waals surface area contributed by atoms with Crippen molar-refractivity contribution in [2.45, 2.75) is 16.7 Å². The number of anilines is 1. The molecule has 0 aliphatic heterocycles. The van der Waals surface area contributed by atoms with Crippen molar-refractivity contribution >= 4 is 33.4 Å². The number of aryl methyl sites for hydroxylation is 1. The van der Waals surface area contributed by atoms with Crippen LogP contribution in [0.5, 0.6) is 0 Å². The number of rotatable bonds is 2. The van der Waals surface area contributed by atoms with Crippen LogP contribution < -0.4 is 5.73 Å². The van der Waals surface area contributed by atoms with Crippen molar-refractivity contribution in [1.29, 1.82) is 0 Å². The Bertz CT molecular complexity index is 494. The summed E-state index contributed by atoms with van der Waals surface area (Å²) in [6, 6.07) is 14.4. The second-order valence-corrected chi connectivity index (χ2v) is 5.57. The molecule has 0 spiro atoms. The van der Waals surface area contributed by atoms with Crippen LogP contribution in [0.4, 0.5) is 5.69 Å². The van der Waals surface area contributed by atoms with Gasteiger partial charge in [0, 0.05) is 20.0 Å². The van der Waals surface area contributed by atoms with Crippen molar-refractivity contribution < 1.29 is 0 Å². The Kier molecular flexibility index (Phi) is 3.56. The number of benzene rings is 2. The molecule has 0 bridgehead atoms. The van der Waals surface area contributed by atoms with E-state index >= 15 is 0 Å². The third-order valence-corrected chi connectivity index (χ3v) is 4.21. The van der Waals surface area contributed by atoms with E-state index < -0.39 is 0 Å². The Balaban J connectivity index is 2.23. The van der Waals surface area contributed by atoms with Crippen LogP contribution in [0.2, 0.25) is 0 Å². The molecule has 2 aromatic carbocycles. The fourth-order valence-electron chi connectivity index (χ4n) is 1.33. The molecule has 2 rings (SSSR count). The minimum atomic E-state index is 0.778. The predicted octanol–water partition coefficient (Wildman–Crippen LogP) is 4.49. The van der Waals surface area contributed by atoms with Gasteiger partial charge in [-0.2, -0.15) is 0 Å². The number of halogens is 1. The summed E-state index contributed by atoms with van der Waals surface area (Å²) in [6.07, 6.45) is 0. The van der Waals surface area contributed by atoms with Crippen molar-refractivity contribution in [3.8, 4) is 0 Å². The molecule has 0 saturated heterocycles. The van der Waals surface area contributed by atoms with E-state index in [2.05, 4.69) is 47.1 Å². The van der Waals surface area contributed by atoms with Gasteiger partial charge in [0.15, 0.2) is 0 Å². The highest BCUT2D eigenvalue weighted by Gasteiger charge is 2.02. The largest absolute Gasteiger partial charge is 0.399 e. The Morgan fingerprint density at radius 2 is 1.75 bits per heavy atom. The lowest BCUT2D eigenvalue weighted by Crippen LogP contribution is -1.84. The molecule has 0 aliphatic rings. The highest BCUT2D eigenvalue weighted by atomic mass is 79.9. The molecule has 0 unspecified atom stereocenters. The van der Waals surface area contributed by atoms with Gasteiger partial charge in [0.05, 0.1) is 0 Å². The van der Waals surface area contributed by atoms with Crippen molar-refractivity contribution in [1.82, 2.24) is 0 Å². The van der Waals surface area contributed by atoms with Gasteiger partial charge in [-0.05, 0) is 53.2 Å². The standard InChI is InChI=1S/C13H12BrNS/c1-9-2-5-11(6-3-9)16-13-7-4-10(15)8-12(13)14/h2-8H,15H2,1H3. The van der Waals surface area contributed by atoms with E-state index in [-0.39, 0.29) is 0 Å². The number of hydrogen-bond donors (Lipinski definition) is 1. The van der Waals surface area contributed by atoms with Crippen LogP contribution in [0, 0.1) is 6.92 Å². The van der Waals surface area contributed by atoms with E-state index in [1.165, 1.54) is 15.4 Å². The molecule has 0 aliphatic carbocycles. The highest BCUT2D eigenvalue weighted by Crippen LogP contribution is 2.34. The third kappa shape index (κ3) is 2.80. The summed E-state index contributed by atoms with van der Waals surface area (Å²) in [7, 11) is 0. The van der Waals surface area contributed by atoms with Crippen LogP contribution in [0.15, 0.2) is 56.7 Å². The first-order chi connectivity index (χ1) is 7.65. The van der Waals surface area contributed by atoms with E-state index in [4.69, 9.17) is 5.73 Å². The third-order valence-electron chi connectivity index (χ3n) is 2.20. The van der Waals surface area contributed by atoms with Gasteiger partial charge >= 0.3 is 0 Å².